The molecule has 1 saturated heterocycles. The number of fused-ring (bicyclic) bond motifs is 1. The lowest BCUT2D eigenvalue weighted by Crippen LogP contribution is -2.43. The van der Waals surface area contributed by atoms with Gasteiger partial charge in [0.05, 0.1) is 19.6 Å². The summed E-state index contributed by atoms with van der Waals surface area (Å²) in [6.45, 7) is 3.76. The highest BCUT2D eigenvalue weighted by Crippen LogP contribution is 2.33. The van der Waals surface area contributed by atoms with Gasteiger partial charge in [-0.15, -0.1) is 0 Å². The SMILES string of the molecule is COc1ccc(-c2cc3ccc(N4CCNCC4)cc3c(=O)o2)cc1OC. The predicted molar refractivity (Wildman–Crippen MR) is 106 cm³/mol. The van der Waals surface area contributed by atoms with Crippen molar-refractivity contribution in [3.8, 4) is 22.8 Å². The highest BCUT2D eigenvalue weighted by molar-refractivity contribution is 5.87. The van der Waals surface area contributed by atoms with Crippen molar-refractivity contribution in [2.45, 2.75) is 0 Å². The Morgan fingerprint density at radius 2 is 1.74 bits per heavy atom. The molecule has 1 N–H and O–H groups in total. The lowest BCUT2D eigenvalue weighted by Gasteiger charge is -2.29. The molecule has 1 aliphatic rings. The van der Waals surface area contributed by atoms with E-state index in [-0.39, 0.29) is 5.63 Å². The predicted octanol–water partition coefficient (Wildman–Crippen LogP) is 2.89. The van der Waals surface area contributed by atoms with E-state index in [4.69, 9.17) is 13.9 Å². The summed E-state index contributed by atoms with van der Waals surface area (Å²) in [5.74, 6) is 1.72. The number of hydrogen-bond donors (Lipinski definition) is 1. The minimum Gasteiger partial charge on any atom is -0.493 e. The third-order valence-corrected chi connectivity index (χ3v) is 4.90. The number of piperazine rings is 1. The van der Waals surface area contributed by atoms with E-state index in [2.05, 4.69) is 16.3 Å². The van der Waals surface area contributed by atoms with Crippen molar-refractivity contribution < 1.29 is 13.9 Å². The molecule has 27 heavy (non-hydrogen) atoms. The maximum absolute atomic E-state index is 12.6. The average molecular weight is 366 g/mol. The van der Waals surface area contributed by atoms with Gasteiger partial charge in [-0.05, 0) is 41.8 Å². The van der Waals surface area contributed by atoms with Crippen LogP contribution in [-0.4, -0.2) is 40.4 Å². The van der Waals surface area contributed by atoms with Crippen molar-refractivity contribution in [2.75, 3.05) is 45.3 Å². The molecule has 0 unspecified atom stereocenters. The third kappa shape index (κ3) is 3.36. The van der Waals surface area contributed by atoms with E-state index in [9.17, 15) is 4.79 Å². The molecular formula is C21H22N2O4. The number of anilines is 1. The number of methoxy groups -OCH3 is 2. The summed E-state index contributed by atoms with van der Waals surface area (Å²) in [6, 6.07) is 13.3. The van der Waals surface area contributed by atoms with Crippen LogP contribution >= 0.6 is 0 Å². The second-order valence-corrected chi connectivity index (χ2v) is 6.48. The van der Waals surface area contributed by atoms with Gasteiger partial charge in [0.25, 0.3) is 0 Å². The Hall–Kier alpha value is -2.99. The molecule has 6 nitrogen and oxygen atoms in total. The molecule has 2 aromatic carbocycles. The normalized spacial score (nSPS) is 14.4. The van der Waals surface area contributed by atoms with Crippen LogP contribution in [0.2, 0.25) is 0 Å². The van der Waals surface area contributed by atoms with Crippen molar-refractivity contribution in [3.05, 3.63) is 52.9 Å². The van der Waals surface area contributed by atoms with Crippen molar-refractivity contribution in [3.63, 3.8) is 0 Å². The molecule has 0 spiro atoms. The average Bonchev–Trinajstić information content (AvgIpc) is 2.73. The highest BCUT2D eigenvalue weighted by atomic mass is 16.5. The minimum absolute atomic E-state index is 0.339. The van der Waals surface area contributed by atoms with Gasteiger partial charge in [0.2, 0.25) is 0 Å². The highest BCUT2D eigenvalue weighted by Gasteiger charge is 2.14. The van der Waals surface area contributed by atoms with E-state index in [0.717, 1.165) is 42.8 Å². The fourth-order valence-electron chi connectivity index (χ4n) is 3.42. The van der Waals surface area contributed by atoms with Gasteiger partial charge in [-0.1, -0.05) is 6.07 Å². The fourth-order valence-corrected chi connectivity index (χ4v) is 3.42. The van der Waals surface area contributed by atoms with E-state index in [1.165, 1.54) is 0 Å². The first-order chi connectivity index (χ1) is 13.2. The minimum atomic E-state index is -0.339. The first-order valence-electron chi connectivity index (χ1n) is 8.95. The molecule has 0 saturated carbocycles. The first kappa shape index (κ1) is 17.4. The molecule has 0 radical (unpaired) electrons. The van der Waals surface area contributed by atoms with Crippen molar-refractivity contribution >= 4 is 16.5 Å². The zero-order chi connectivity index (χ0) is 18.8. The smallest absolute Gasteiger partial charge is 0.344 e. The van der Waals surface area contributed by atoms with Crippen LogP contribution in [0, 0.1) is 0 Å². The zero-order valence-corrected chi connectivity index (χ0v) is 15.5. The molecule has 0 aliphatic carbocycles. The lowest BCUT2D eigenvalue weighted by atomic mass is 10.1. The van der Waals surface area contributed by atoms with Crippen molar-refractivity contribution in [1.29, 1.82) is 0 Å². The van der Waals surface area contributed by atoms with Gasteiger partial charge in [0.1, 0.15) is 5.76 Å². The number of nitrogens with one attached hydrogen (secondary N) is 1. The maximum Gasteiger partial charge on any atom is 0.344 e. The van der Waals surface area contributed by atoms with Gasteiger partial charge in [-0.25, -0.2) is 4.79 Å². The molecule has 4 rings (SSSR count). The summed E-state index contributed by atoms with van der Waals surface area (Å²) in [4.78, 5) is 14.9. The Balaban J connectivity index is 1.75. The molecule has 1 aliphatic heterocycles. The van der Waals surface area contributed by atoms with Crippen LogP contribution in [0.1, 0.15) is 0 Å². The topological polar surface area (TPSA) is 63.9 Å². The van der Waals surface area contributed by atoms with E-state index in [1.54, 1.807) is 26.4 Å². The van der Waals surface area contributed by atoms with Gasteiger partial charge < -0.3 is 24.1 Å². The van der Waals surface area contributed by atoms with Crippen LogP contribution in [0.4, 0.5) is 5.69 Å². The van der Waals surface area contributed by atoms with Gasteiger partial charge >= 0.3 is 5.63 Å². The Morgan fingerprint density at radius 3 is 2.48 bits per heavy atom. The van der Waals surface area contributed by atoms with Crippen LogP contribution in [-0.2, 0) is 0 Å². The molecule has 0 bridgehead atoms. The maximum atomic E-state index is 12.6. The number of benzene rings is 2. The largest absolute Gasteiger partial charge is 0.493 e. The van der Waals surface area contributed by atoms with Gasteiger partial charge in [-0.3, -0.25) is 0 Å². The molecule has 0 amide bonds. The summed E-state index contributed by atoms with van der Waals surface area (Å²) in [7, 11) is 3.17. The summed E-state index contributed by atoms with van der Waals surface area (Å²) in [6.07, 6.45) is 0. The molecule has 1 aromatic heterocycles. The van der Waals surface area contributed by atoms with Gasteiger partial charge in [0, 0.05) is 37.4 Å². The van der Waals surface area contributed by atoms with Gasteiger partial charge in [0.15, 0.2) is 11.5 Å². The Labute approximate surface area is 157 Å². The molecule has 0 atom stereocenters. The van der Waals surface area contributed by atoms with Crippen LogP contribution < -0.4 is 25.3 Å². The third-order valence-electron chi connectivity index (χ3n) is 4.90. The molecule has 3 aromatic rings. The summed E-state index contributed by atoms with van der Waals surface area (Å²) in [5, 5.41) is 4.78. The molecule has 6 heteroatoms. The standard InChI is InChI=1S/C21H22N2O4/c1-25-18-6-4-15(12-20(18)26-2)19-11-14-3-5-16(13-17(14)21(24)27-19)23-9-7-22-8-10-23/h3-6,11-13,22H,7-10H2,1-2H3. The number of rotatable bonds is 4. The number of ether oxygens (including phenoxy) is 2. The summed E-state index contributed by atoms with van der Waals surface area (Å²) in [5.41, 5.74) is 1.47. The summed E-state index contributed by atoms with van der Waals surface area (Å²) >= 11 is 0. The quantitative estimate of drug-likeness (QED) is 0.766. The van der Waals surface area contributed by atoms with Crippen LogP contribution in [0.3, 0.4) is 0 Å². The Morgan fingerprint density at radius 1 is 0.963 bits per heavy atom. The molecule has 1 fully saturated rings. The van der Waals surface area contributed by atoms with E-state index < -0.39 is 0 Å². The second-order valence-electron chi connectivity index (χ2n) is 6.48. The van der Waals surface area contributed by atoms with Crippen LogP contribution in [0.5, 0.6) is 11.5 Å². The van der Waals surface area contributed by atoms with Crippen molar-refractivity contribution in [2.24, 2.45) is 0 Å². The van der Waals surface area contributed by atoms with E-state index in [1.807, 2.05) is 24.3 Å². The fraction of sp³-hybridized carbons (Fsp3) is 0.286. The molecule has 2 heterocycles. The lowest BCUT2D eigenvalue weighted by molar-refractivity contribution is 0.355. The zero-order valence-electron chi connectivity index (χ0n) is 15.5. The van der Waals surface area contributed by atoms with E-state index >= 15 is 0 Å². The number of hydrogen-bond acceptors (Lipinski definition) is 6. The second kappa shape index (κ2) is 7.32. The molecule has 140 valence electrons. The van der Waals surface area contributed by atoms with Crippen LogP contribution in [0.25, 0.3) is 22.1 Å². The van der Waals surface area contributed by atoms with Crippen molar-refractivity contribution in [1.82, 2.24) is 5.32 Å². The van der Waals surface area contributed by atoms with E-state index in [0.29, 0.717) is 22.6 Å². The first-order valence-corrected chi connectivity index (χ1v) is 8.95. The number of nitrogens with zero attached hydrogens (tertiary/aromatic N) is 1. The van der Waals surface area contributed by atoms with Gasteiger partial charge in [-0.2, -0.15) is 0 Å². The Kier molecular flexibility index (Phi) is 4.73. The Bertz CT molecular complexity index is 1020. The monoisotopic (exact) mass is 366 g/mol. The molecular weight excluding hydrogens is 344 g/mol. The summed E-state index contributed by atoms with van der Waals surface area (Å²) < 4.78 is 16.2. The van der Waals surface area contributed by atoms with Crippen LogP contribution in [0.15, 0.2) is 51.7 Å².